The molecule has 1 amide bonds. The lowest BCUT2D eigenvalue weighted by atomic mass is 10.0. The van der Waals surface area contributed by atoms with Gasteiger partial charge in [0.15, 0.2) is 0 Å². The zero-order valence-corrected chi connectivity index (χ0v) is 9.23. The third-order valence-corrected chi connectivity index (χ3v) is 3.22. The number of hydrogen-bond acceptors (Lipinski definition) is 4. The molecule has 0 radical (unpaired) electrons. The van der Waals surface area contributed by atoms with E-state index in [1.54, 1.807) is 12.1 Å². The van der Waals surface area contributed by atoms with Gasteiger partial charge in [0, 0.05) is 13.1 Å². The molecule has 2 heterocycles. The Kier molecular flexibility index (Phi) is 2.23. The SMILES string of the molecule is N#Cc1ccc2c(c1)N(C1CNC1)CC(=O)N2. The predicted molar refractivity (Wildman–Crippen MR) is 63.8 cm³/mol. The minimum Gasteiger partial charge on any atom is -0.355 e. The van der Waals surface area contributed by atoms with Crippen molar-refractivity contribution in [3.63, 3.8) is 0 Å². The molecule has 0 bridgehead atoms. The Labute approximate surface area is 99.0 Å². The van der Waals surface area contributed by atoms with E-state index >= 15 is 0 Å². The van der Waals surface area contributed by atoms with Gasteiger partial charge in [-0.1, -0.05) is 0 Å². The van der Waals surface area contributed by atoms with Crippen molar-refractivity contribution in [3.8, 4) is 6.07 Å². The topological polar surface area (TPSA) is 68.2 Å². The number of nitrogens with zero attached hydrogens (tertiary/aromatic N) is 2. The molecule has 5 nitrogen and oxygen atoms in total. The fourth-order valence-electron chi connectivity index (χ4n) is 2.19. The van der Waals surface area contributed by atoms with Crippen molar-refractivity contribution in [2.75, 3.05) is 29.9 Å². The Balaban J connectivity index is 2.03. The van der Waals surface area contributed by atoms with Gasteiger partial charge in [-0.2, -0.15) is 5.26 Å². The number of carbonyl (C=O) groups excluding carboxylic acids is 1. The Morgan fingerprint density at radius 2 is 2.24 bits per heavy atom. The Bertz CT molecular complexity index is 516. The summed E-state index contributed by atoms with van der Waals surface area (Å²) in [4.78, 5) is 13.7. The zero-order chi connectivity index (χ0) is 11.8. The maximum atomic E-state index is 11.6. The molecule has 0 unspecified atom stereocenters. The van der Waals surface area contributed by atoms with Crippen molar-refractivity contribution in [3.05, 3.63) is 23.8 Å². The highest BCUT2D eigenvalue weighted by atomic mass is 16.2. The molecule has 1 aromatic carbocycles. The van der Waals surface area contributed by atoms with Crippen LogP contribution in [0.25, 0.3) is 0 Å². The van der Waals surface area contributed by atoms with Gasteiger partial charge in [-0.25, -0.2) is 0 Å². The van der Waals surface area contributed by atoms with Crippen LogP contribution in [0.5, 0.6) is 0 Å². The lowest BCUT2D eigenvalue weighted by Gasteiger charge is -2.42. The second kappa shape index (κ2) is 3.75. The first-order chi connectivity index (χ1) is 8.28. The summed E-state index contributed by atoms with van der Waals surface area (Å²) in [6.45, 7) is 2.15. The van der Waals surface area contributed by atoms with Crippen molar-refractivity contribution >= 4 is 17.3 Å². The summed E-state index contributed by atoms with van der Waals surface area (Å²) in [6.07, 6.45) is 0. The average molecular weight is 228 g/mol. The number of carbonyl (C=O) groups is 1. The Hall–Kier alpha value is -2.06. The van der Waals surface area contributed by atoms with E-state index in [4.69, 9.17) is 5.26 Å². The van der Waals surface area contributed by atoms with Crippen molar-refractivity contribution in [2.45, 2.75) is 6.04 Å². The molecule has 0 aromatic heterocycles. The van der Waals surface area contributed by atoms with Crippen LogP contribution in [0.2, 0.25) is 0 Å². The van der Waals surface area contributed by atoms with E-state index < -0.39 is 0 Å². The fraction of sp³-hybridized carbons (Fsp3) is 0.333. The molecule has 5 heteroatoms. The second-order valence-electron chi connectivity index (χ2n) is 4.33. The van der Waals surface area contributed by atoms with Crippen LogP contribution in [-0.2, 0) is 4.79 Å². The summed E-state index contributed by atoms with van der Waals surface area (Å²) >= 11 is 0. The van der Waals surface area contributed by atoms with E-state index in [1.807, 2.05) is 6.07 Å². The van der Waals surface area contributed by atoms with Crippen molar-refractivity contribution in [1.29, 1.82) is 5.26 Å². The molecule has 17 heavy (non-hydrogen) atoms. The number of anilines is 2. The molecule has 1 saturated heterocycles. The minimum atomic E-state index is 0.00843. The quantitative estimate of drug-likeness (QED) is 0.725. The molecular weight excluding hydrogens is 216 g/mol. The van der Waals surface area contributed by atoms with E-state index in [1.165, 1.54) is 0 Å². The van der Waals surface area contributed by atoms with E-state index in [9.17, 15) is 4.79 Å². The van der Waals surface area contributed by atoms with Crippen LogP contribution in [0.1, 0.15) is 5.56 Å². The van der Waals surface area contributed by atoms with Crippen LogP contribution in [0.15, 0.2) is 18.2 Å². The van der Waals surface area contributed by atoms with Crippen LogP contribution in [0.4, 0.5) is 11.4 Å². The lowest BCUT2D eigenvalue weighted by molar-refractivity contribution is -0.115. The van der Waals surface area contributed by atoms with Gasteiger partial charge in [0.05, 0.1) is 35.6 Å². The molecule has 0 spiro atoms. The van der Waals surface area contributed by atoms with Gasteiger partial charge in [-0.15, -0.1) is 0 Å². The predicted octanol–water partition coefficient (Wildman–Crippen LogP) is 0.289. The van der Waals surface area contributed by atoms with Gasteiger partial charge in [-0.05, 0) is 18.2 Å². The van der Waals surface area contributed by atoms with Crippen LogP contribution in [-0.4, -0.2) is 31.6 Å². The summed E-state index contributed by atoms with van der Waals surface area (Å²) in [7, 11) is 0. The highest BCUT2D eigenvalue weighted by molar-refractivity contribution is 6.01. The molecule has 2 N–H and O–H groups in total. The number of hydrogen-bond donors (Lipinski definition) is 2. The molecule has 0 atom stereocenters. The summed E-state index contributed by atoms with van der Waals surface area (Å²) in [5.74, 6) is 0.00843. The molecule has 1 aromatic rings. The van der Waals surface area contributed by atoms with Crippen molar-refractivity contribution in [2.24, 2.45) is 0 Å². The standard InChI is InChI=1S/C12H12N4O/c13-4-8-1-2-10-11(3-8)16(7-12(17)15-10)9-5-14-6-9/h1-3,9,14H,5-7H2,(H,15,17). The first-order valence-corrected chi connectivity index (χ1v) is 5.59. The highest BCUT2D eigenvalue weighted by Gasteiger charge is 2.31. The normalized spacial score (nSPS) is 19.0. The van der Waals surface area contributed by atoms with Crippen molar-refractivity contribution < 1.29 is 4.79 Å². The molecular formula is C12H12N4O. The summed E-state index contributed by atoms with van der Waals surface area (Å²) in [6, 6.07) is 7.84. The lowest BCUT2D eigenvalue weighted by Crippen LogP contribution is -2.60. The average Bonchev–Trinajstić information content (AvgIpc) is 2.26. The Morgan fingerprint density at radius 3 is 2.88 bits per heavy atom. The summed E-state index contributed by atoms with van der Waals surface area (Å²) in [5, 5.41) is 14.9. The molecule has 1 fully saturated rings. The van der Waals surface area contributed by atoms with Crippen LogP contribution in [0.3, 0.4) is 0 Å². The van der Waals surface area contributed by atoms with Gasteiger partial charge in [0.2, 0.25) is 5.91 Å². The van der Waals surface area contributed by atoms with Gasteiger partial charge in [0.25, 0.3) is 0 Å². The van der Waals surface area contributed by atoms with Gasteiger partial charge in [0.1, 0.15) is 0 Å². The third-order valence-electron chi connectivity index (χ3n) is 3.22. The number of benzene rings is 1. The van der Waals surface area contributed by atoms with Gasteiger partial charge < -0.3 is 15.5 Å². The third kappa shape index (κ3) is 1.63. The first-order valence-electron chi connectivity index (χ1n) is 5.59. The monoisotopic (exact) mass is 228 g/mol. The first kappa shape index (κ1) is 10.1. The highest BCUT2D eigenvalue weighted by Crippen LogP contribution is 2.32. The summed E-state index contributed by atoms with van der Waals surface area (Å²) in [5.41, 5.74) is 2.37. The van der Waals surface area contributed by atoms with Gasteiger partial charge in [-0.3, -0.25) is 4.79 Å². The zero-order valence-electron chi connectivity index (χ0n) is 9.23. The Morgan fingerprint density at radius 1 is 1.41 bits per heavy atom. The van der Waals surface area contributed by atoms with E-state index in [0.29, 0.717) is 18.2 Å². The smallest absolute Gasteiger partial charge is 0.243 e. The molecule has 86 valence electrons. The van der Waals surface area contributed by atoms with E-state index in [2.05, 4.69) is 21.6 Å². The number of fused-ring (bicyclic) bond motifs is 1. The van der Waals surface area contributed by atoms with E-state index in [-0.39, 0.29) is 5.91 Å². The minimum absolute atomic E-state index is 0.00843. The van der Waals surface area contributed by atoms with Crippen molar-refractivity contribution in [1.82, 2.24) is 5.32 Å². The maximum absolute atomic E-state index is 11.6. The molecule has 2 aliphatic heterocycles. The van der Waals surface area contributed by atoms with Crippen LogP contribution in [0, 0.1) is 11.3 Å². The van der Waals surface area contributed by atoms with E-state index in [0.717, 1.165) is 24.5 Å². The summed E-state index contributed by atoms with van der Waals surface area (Å²) < 4.78 is 0. The number of nitriles is 1. The molecule has 3 rings (SSSR count). The molecule has 2 aliphatic rings. The maximum Gasteiger partial charge on any atom is 0.243 e. The van der Waals surface area contributed by atoms with Crippen LogP contribution < -0.4 is 15.5 Å². The second-order valence-corrected chi connectivity index (χ2v) is 4.33. The molecule has 0 aliphatic carbocycles. The number of rotatable bonds is 1. The largest absolute Gasteiger partial charge is 0.355 e. The van der Waals surface area contributed by atoms with Gasteiger partial charge >= 0.3 is 0 Å². The number of nitrogens with one attached hydrogen (secondary N) is 2. The van der Waals surface area contributed by atoms with Crippen LogP contribution >= 0.6 is 0 Å². The number of amides is 1. The molecule has 0 saturated carbocycles. The fourth-order valence-corrected chi connectivity index (χ4v) is 2.19.